The molecular formula is C24H24FN3O3S. The maximum Gasteiger partial charge on any atom is 0.303 e. The van der Waals surface area contributed by atoms with Crippen LogP contribution in [0.2, 0.25) is 0 Å². The molecular weight excluding hydrogens is 429 g/mol. The summed E-state index contributed by atoms with van der Waals surface area (Å²) in [6.07, 6.45) is 4.01. The van der Waals surface area contributed by atoms with Gasteiger partial charge >= 0.3 is 5.97 Å². The quantitative estimate of drug-likeness (QED) is 0.527. The Morgan fingerprint density at radius 2 is 1.72 bits per heavy atom. The molecule has 1 aromatic heterocycles. The third-order valence-electron chi connectivity index (χ3n) is 6.02. The second-order valence-electron chi connectivity index (χ2n) is 8.18. The van der Waals surface area contributed by atoms with Gasteiger partial charge in [0.1, 0.15) is 11.3 Å². The number of hydrogen-bond donors (Lipinski definition) is 1. The summed E-state index contributed by atoms with van der Waals surface area (Å²) < 4.78 is 13.3. The zero-order chi connectivity index (χ0) is 22.5. The largest absolute Gasteiger partial charge is 0.481 e. The summed E-state index contributed by atoms with van der Waals surface area (Å²) in [6, 6.07) is 13.7. The Labute approximate surface area is 189 Å². The lowest BCUT2D eigenvalue weighted by Gasteiger charge is -2.28. The number of carbonyl (C=O) groups excluding carboxylic acids is 1. The number of nitrogens with zero attached hydrogens (tertiary/aromatic N) is 3. The Kier molecular flexibility index (Phi) is 6.90. The first-order valence-electron chi connectivity index (χ1n) is 10.6. The predicted molar refractivity (Wildman–Crippen MR) is 120 cm³/mol. The van der Waals surface area contributed by atoms with Crippen molar-refractivity contribution in [1.29, 1.82) is 0 Å². The van der Waals surface area contributed by atoms with Crippen LogP contribution in [0.4, 0.5) is 9.52 Å². The van der Waals surface area contributed by atoms with E-state index in [1.807, 2.05) is 24.3 Å². The van der Waals surface area contributed by atoms with Gasteiger partial charge in [0, 0.05) is 12.0 Å². The lowest BCUT2D eigenvalue weighted by Crippen LogP contribution is -2.30. The molecule has 8 heteroatoms. The number of halogens is 1. The summed E-state index contributed by atoms with van der Waals surface area (Å²) in [7, 11) is 0. The van der Waals surface area contributed by atoms with Crippen molar-refractivity contribution in [2.24, 2.45) is 5.92 Å². The van der Waals surface area contributed by atoms with E-state index in [4.69, 9.17) is 5.11 Å². The molecule has 32 heavy (non-hydrogen) atoms. The highest BCUT2D eigenvalue weighted by atomic mass is 32.1. The summed E-state index contributed by atoms with van der Waals surface area (Å²) in [5, 5.41) is 17.4. The SMILES string of the molecule is O=C(O)CC1CCC(c2ccc(C(=O)N(Cc3ccc(F)cc3)c3nncs3)cc2)CC1. The Morgan fingerprint density at radius 3 is 2.31 bits per heavy atom. The fourth-order valence-corrected chi connectivity index (χ4v) is 4.84. The van der Waals surface area contributed by atoms with Crippen molar-refractivity contribution in [1.82, 2.24) is 10.2 Å². The first-order chi connectivity index (χ1) is 15.5. The van der Waals surface area contributed by atoms with E-state index in [0.29, 0.717) is 16.6 Å². The molecule has 1 heterocycles. The average Bonchev–Trinajstić information content (AvgIpc) is 3.33. The minimum absolute atomic E-state index is 0.192. The van der Waals surface area contributed by atoms with Gasteiger partial charge in [0.25, 0.3) is 5.91 Å². The van der Waals surface area contributed by atoms with Crippen molar-refractivity contribution in [3.8, 4) is 0 Å². The molecule has 1 N–H and O–H groups in total. The van der Waals surface area contributed by atoms with Gasteiger partial charge in [0.2, 0.25) is 5.13 Å². The number of anilines is 1. The van der Waals surface area contributed by atoms with Crippen molar-refractivity contribution < 1.29 is 19.1 Å². The van der Waals surface area contributed by atoms with Crippen LogP contribution in [-0.2, 0) is 11.3 Å². The van der Waals surface area contributed by atoms with E-state index >= 15 is 0 Å². The van der Waals surface area contributed by atoms with E-state index in [9.17, 15) is 14.0 Å². The fraction of sp³-hybridized carbons (Fsp3) is 0.333. The standard InChI is InChI=1S/C24H24FN3O3S/c25-21-11-3-17(4-12-21)14-28(24-27-26-15-32-24)23(31)20-9-7-19(8-10-20)18-5-1-16(2-6-18)13-22(29)30/h3-4,7-12,15-16,18H,1-2,5-6,13-14H2,(H,29,30). The summed E-state index contributed by atoms with van der Waals surface area (Å²) in [5.74, 6) is -0.589. The fourth-order valence-electron chi connectivity index (χ4n) is 4.28. The zero-order valence-electron chi connectivity index (χ0n) is 17.5. The number of benzene rings is 2. The summed E-state index contributed by atoms with van der Waals surface area (Å²) in [5.41, 5.74) is 4.09. The molecule has 0 spiro atoms. The summed E-state index contributed by atoms with van der Waals surface area (Å²) in [6.45, 7) is 0.268. The van der Waals surface area contributed by atoms with E-state index in [-0.39, 0.29) is 30.6 Å². The van der Waals surface area contributed by atoms with Crippen LogP contribution in [0.1, 0.15) is 59.5 Å². The van der Waals surface area contributed by atoms with E-state index < -0.39 is 5.97 Å². The molecule has 0 bridgehead atoms. The third-order valence-corrected chi connectivity index (χ3v) is 6.73. The lowest BCUT2D eigenvalue weighted by atomic mass is 9.77. The molecule has 1 aliphatic carbocycles. The number of aromatic nitrogens is 2. The topological polar surface area (TPSA) is 83.4 Å². The number of aliphatic carboxylic acids is 1. The molecule has 0 atom stereocenters. The molecule has 2 aromatic carbocycles. The van der Waals surface area contributed by atoms with Gasteiger partial charge < -0.3 is 5.11 Å². The van der Waals surface area contributed by atoms with Crippen molar-refractivity contribution in [2.45, 2.75) is 44.6 Å². The van der Waals surface area contributed by atoms with Gasteiger partial charge in [-0.15, -0.1) is 10.2 Å². The van der Waals surface area contributed by atoms with Crippen LogP contribution in [0.3, 0.4) is 0 Å². The van der Waals surface area contributed by atoms with E-state index in [0.717, 1.165) is 31.2 Å². The van der Waals surface area contributed by atoms with Crippen molar-refractivity contribution in [2.75, 3.05) is 4.90 Å². The lowest BCUT2D eigenvalue weighted by molar-refractivity contribution is -0.138. The van der Waals surface area contributed by atoms with Crippen LogP contribution < -0.4 is 4.90 Å². The van der Waals surface area contributed by atoms with Crippen molar-refractivity contribution in [3.05, 3.63) is 76.5 Å². The Hall–Kier alpha value is -3.13. The number of amides is 1. The van der Waals surface area contributed by atoms with Crippen LogP contribution in [0, 0.1) is 11.7 Å². The Morgan fingerprint density at radius 1 is 1.03 bits per heavy atom. The smallest absolute Gasteiger partial charge is 0.303 e. The molecule has 1 amide bonds. The van der Waals surface area contributed by atoms with Crippen LogP contribution in [0.15, 0.2) is 54.0 Å². The van der Waals surface area contributed by atoms with Gasteiger partial charge in [-0.25, -0.2) is 4.39 Å². The maximum atomic E-state index is 13.3. The van der Waals surface area contributed by atoms with Gasteiger partial charge in [-0.1, -0.05) is 35.6 Å². The Bertz CT molecular complexity index is 1050. The highest BCUT2D eigenvalue weighted by molar-refractivity contribution is 7.13. The second-order valence-corrected chi connectivity index (χ2v) is 8.99. The molecule has 0 unspecified atom stereocenters. The predicted octanol–water partition coefficient (Wildman–Crippen LogP) is 5.27. The average molecular weight is 454 g/mol. The number of rotatable bonds is 7. The van der Waals surface area contributed by atoms with Gasteiger partial charge in [-0.3, -0.25) is 14.5 Å². The normalized spacial score (nSPS) is 18.3. The van der Waals surface area contributed by atoms with Gasteiger partial charge in [0.15, 0.2) is 0 Å². The van der Waals surface area contributed by atoms with E-state index in [1.54, 1.807) is 22.5 Å². The van der Waals surface area contributed by atoms with Gasteiger partial charge in [-0.2, -0.15) is 0 Å². The first-order valence-corrected chi connectivity index (χ1v) is 11.5. The molecule has 1 fully saturated rings. The molecule has 0 radical (unpaired) electrons. The second kappa shape index (κ2) is 9.99. The highest BCUT2D eigenvalue weighted by Gasteiger charge is 2.25. The van der Waals surface area contributed by atoms with E-state index in [1.165, 1.54) is 29.0 Å². The number of carbonyl (C=O) groups is 2. The molecule has 6 nitrogen and oxygen atoms in total. The molecule has 3 aromatic rings. The minimum atomic E-state index is -0.725. The molecule has 0 saturated heterocycles. The monoisotopic (exact) mass is 453 g/mol. The summed E-state index contributed by atoms with van der Waals surface area (Å²) in [4.78, 5) is 25.8. The van der Waals surface area contributed by atoms with Crippen molar-refractivity contribution in [3.63, 3.8) is 0 Å². The van der Waals surface area contributed by atoms with Crippen molar-refractivity contribution >= 4 is 28.3 Å². The molecule has 166 valence electrons. The molecule has 0 aliphatic heterocycles. The van der Waals surface area contributed by atoms with Crippen LogP contribution in [0.5, 0.6) is 0 Å². The zero-order valence-corrected chi connectivity index (χ0v) is 18.3. The minimum Gasteiger partial charge on any atom is -0.481 e. The third kappa shape index (κ3) is 5.37. The Balaban J connectivity index is 1.46. The molecule has 1 aliphatic rings. The van der Waals surface area contributed by atoms with Crippen LogP contribution in [-0.4, -0.2) is 27.2 Å². The van der Waals surface area contributed by atoms with Crippen LogP contribution in [0.25, 0.3) is 0 Å². The molecule has 1 saturated carbocycles. The first kappa shape index (κ1) is 22.1. The number of carboxylic acids is 1. The highest BCUT2D eigenvalue weighted by Crippen LogP contribution is 2.37. The molecule has 4 rings (SSSR count). The maximum absolute atomic E-state index is 13.3. The van der Waals surface area contributed by atoms with Gasteiger partial charge in [-0.05, 0) is 72.9 Å². The number of carboxylic acid groups (broad SMARTS) is 1. The van der Waals surface area contributed by atoms with Gasteiger partial charge in [0.05, 0.1) is 6.54 Å². The number of hydrogen-bond acceptors (Lipinski definition) is 5. The summed E-state index contributed by atoms with van der Waals surface area (Å²) >= 11 is 1.27. The van der Waals surface area contributed by atoms with Crippen LogP contribution >= 0.6 is 11.3 Å². The van der Waals surface area contributed by atoms with E-state index in [2.05, 4.69) is 10.2 Å².